The second-order valence-corrected chi connectivity index (χ2v) is 10.5. The second kappa shape index (κ2) is 10.2. The number of aliphatic hydroxyl groups excluding tert-OH is 1. The molecule has 17 nitrogen and oxygen atoms in total. The molecule has 1 saturated heterocycles. The van der Waals surface area contributed by atoms with Gasteiger partial charge in [0.15, 0.2) is 0 Å². The first-order valence-corrected chi connectivity index (χ1v) is 12.8. The van der Waals surface area contributed by atoms with E-state index in [9.17, 15) is 28.5 Å². The van der Waals surface area contributed by atoms with Crippen molar-refractivity contribution < 1.29 is 56.3 Å². The van der Waals surface area contributed by atoms with Crippen molar-refractivity contribution in [2.75, 3.05) is 18.9 Å². The highest BCUT2D eigenvalue weighted by atomic mass is 31.3. The minimum atomic E-state index is -5.69. The van der Waals surface area contributed by atoms with E-state index in [1.165, 1.54) is 6.20 Å². The van der Waals surface area contributed by atoms with Gasteiger partial charge in [0.05, 0.1) is 24.8 Å². The van der Waals surface area contributed by atoms with Crippen molar-refractivity contribution in [2.24, 2.45) is 5.73 Å². The average Bonchev–Trinajstić information content (AvgIpc) is 2.97. The molecule has 1 fully saturated rings. The summed E-state index contributed by atoms with van der Waals surface area (Å²) in [5, 5.41) is 10.1. The van der Waals surface area contributed by atoms with E-state index in [-0.39, 0.29) is 24.3 Å². The third-order valence-corrected chi connectivity index (χ3v) is 7.44. The number of nitrogens with two attached hydrogens (primary N) is 2. The quantitative estimate of drug-likeness (QED) is 0.146. The van der Waals surface area contributed by atoms with E-state index in [2.05, 4.69) is 30.0 Å². The summed E-state index contributed by atoms with van der Waals surface area (Å²) >= 11 is 0. The Labute approximate surface area is 179 Å². The van der Waals surface area contributed by atoms with E-state index < -0.39 is 54.2 Å². The molecule has 0 aromatic carbocycles. The second-order valence-electron chi connectivity index (χ2n) is 6.05. The lowest BCUT2D eigenvalue weighted by Crippen LogP contribution is -2.29. The molecule has 20 heteroatoms. The molecule has 5 atom stereocenters. The van der Waals surface area contributed by atoms with E-state index in [1.807, 2.05) is 0 Å². The number of nitrogen functional groups attached to an aromatic ring is 1. The van der Waals surface area contributed by atoms with Gasteiger partial charge in [0, 0.05) is 12.6 Å². The summed E-state index contributed by atoms with van der Waals surface area (Å²) in [7, 11) is -16.6. The van der Waals surface area contributed by atoms with E-state index in [0.717, 1.165) is 4.57 Å². The lowest BCUT2D eigenvalue weighted by Gasteiger charge is -2.19. The summed E-state index contributed by atoms with van der Waals surface area (Å²) in [4.78, 5) is 51.3. The van der Waals surface area contributed by atoms with E-state index in [0.29, 0.717) is 0 Å². The van der Waals surface area contributed by atoms with Crippen LogP contribution in [0.15, 0.2) is 11.0 Å². The Morgan fingerprint density at radius 3 is 2.47 bits per heavy atom. The standard InChI is InChI=1S/C12H19N4O13P3/c13-3-1-2-7-5-16(12(18)15-11(7)14)10-4-8(17)9(27-10)6-26-31(22,23)29-32(24,25)28-30(19,20)21/h5,8-10,17H,3-4,6,13H2,(H,22,23)(H,24,25)(H2,14,15,18)(H2,19,20,21)/t8-,9-,10-/m1/s1. The smallest absolute Gasteiger partial charge is 0.390 e. The minimum Gasteiger partial charge on any atom is -0.390 e. The van der Waals surface area contributed by atoms with Crippen molar-refractivity contribution >= 4 is 29.3 Å². The summed E-state index contributed by atoms with van der Waals surface area (Å²) < 4.78 is 51.6. The van der Waals surface area contributed by atoms with Crippen LogP contribution in [0.2, 0.25) is 0 Å². The molecule has 1 aromatic heterocycles. The van der Waals surface area contributed by atoms with Gasteiger partial charge in [-0.15, -0.1) is 0 Å². The van der Waals surface area contributed by atoms with Gasteiger partial charge in [-0.05, 0) is 0 Å². The van der Waals surface area contributed by atoms with Crippen LogP contribution in [0.1, 0.15) is 18.2 Å². The summed E-state index contributed by atoms with van der Waals surface area (Å²) in [6, 6.07) is 0. The Morgan fingerprint density at radius 2 is 1.88 bits per heavy atom. The molecule has 32 heavy (non-hydrogen) atoms. The summed E-state index contributed by atoms with van der Waals surface area (Å²) in [6.07, 6.45) is -2.75. The van der Waals surface area contributed by atoms with Gasteiger partial charge >= 0.3 is 29.2 Å². The average molecular weight is 520 g/mol. The molecule has 0 spiro atoms. The summed E-state index contributed by atoms with van der Waals surface area (Å²) in [6.45, 7) is -0.877. The number of hydrogen-bond donors (Lipinski definition) is 7. The molecular formula is C12H19N4O13P3. The van der Waals surface area contributed by atoms with E-state index in [4.69, 9.17) is 30.9 Å². The maximum atomic E-state index is 12.1. The van der Waals surface area contributed by atoms with Crippen LogP contribution in [-0.2, 0) is 31.6 Å². The van der Waals surface area contributed by atoms with Crippen molar-refractivity contribution in [2.45, 2.75) is 24.9 Å². The molecule has 0 bridgehead atoms. The normalized spacial score (nSPS) is 24.9. The fourth-order valence-electron chi connectivity index (χ4n) is 2.44. The number of hydrogen-bond acceptors (Lipinski definition) is 12. The monoisotopic (exact) mass is 520 g/mol. The zero-order chi connectivity index (χ0) is 24.3. The number of aliphatic hydroxyl groups is 1. The fraction of sp³-hybridized carbons (Fsp3) is 0.500. The maximum Gasteiger partial charge on any atom is 0.490 e. The molecule has 0 aliphatic carbocycles. The molecule has 1 aliphatic rings. The number of ether oxygens (including phenoxy) is 1. The zero-order valence-electron chi connectivity index (χ0n) is 15.8. The third kappa shape index (κ3) is 7.84. The highest BCUT2D eigenvalue weighted by Crippen LogP contribution is 2.66. The SMILES string of the molecule is NCC#Cc1cn([C@H]2C[C@@H](O)[C@@H](COP(=O)(O)OP(=O)(O)OP(=O)(O)O)O2)c(=O)nc1N. The van der Waals surface area contributed by atoms with Crippen molar-refractivity contribution in [3.05, 3.63) is 22.2 Å². The Kier molecular flexibility index (Phi) is 8.54. The number of nitrogens with zero attached hydrogens (tertiary/aromatic N) is 2. The maximum absolute atomic E-state index is 12.1. The molecule has 1 aliphatic heterocycles. The predicted octanol–water partition coefficient (Wildman–Crippen LogP) is -1.87. The van der Waals surface area contributed by atoms with Crippen LogP contribution < -0.4 is 17.2 Å². The third-order valence-electron chi connectivity index (χ3n) is 3.64. The first-order chi connectivity index (χ1) is 14.6. The van der Waals surface area contributed by atoms with Crippen LogP contribution in [0.4, 0.5) is 5.82 Å². The molecule has 2 rings (SSSR count). The van der Waals surface area contributed by atoms with Gasteiger partial charge in [0.1, 0.15) is 18.1 Å². The van der Waals surface area contributed by atoms with E-state index >= 15 is 0 Å². The largest absolute Gasteiger partial charge is 0.490 e. The van der Waals surface area contributed by atoms with Crippen LogP contribution in [0, 0.1) is 11.8 Å². The molecule has 1 aromatic rings. The zero-order valence-corrected chi connectivity index (χ0v) is 18.5. The minimum absolute atomic E-state index is 0.0138. The van der Waals surface area contributed by atoms with Crippen molar-refractivity contribution in [1.82, 2.24) is 9.55 Å². The van der Waals surface area contributed by atoms with Gasteiger partial charge in [-0.2, -0.15) is 13.6 Å². The Bertz CT molecular complexity index is 1110. The fourth-order valence-corrected chi connectivity index (χ4v) is 5.47. The highest BCUT2D eigenvalue weighted by Gasteiger charge is 2.43. The summed E-state index contributed by atoms with van der Waals surface area (Å²) in [5.74, 6) is 4.97. The van der Waals surface area contributed by atoms with Gasteiger partial charge in [0.25, 0.3) is 0 Å². The molecule has 0 radical (unpaired) electrons. The number of rotatable bonds is 8. The lowest BCUT2D eigenvalue weighted by atomic mass is 10.2. The molecule has 2 heterocycles. The van der Waals surface area contributed by atoms with Crippen molar-refractivity contribution in [3.8, 4) is 11.8 Å². The van der Waals surface area contributed by atoms with Crippen LogP contribution in [0.25, 0.3) is 0 Å². The van der Waals surface area contributed by atoms with Crippen molar-refractivity contribution in [1.29, 1.82) is 0 Å². The number of aromatic nitrogens is 2. The van der Waals surface area contributed by atoms with Gasteiger partial charge in [-0.3, -0.25) is 9.09 Å². The first kappa shape index (κ1) is 26.8. The van der Waals surface area contributed by atoms with Crippen LogP contribution >= 0.6 is 23.5 Å². The Morgan fingerprint density at radius 1 is 1.22 bits per heavy atom. The number of phosphoric acid groups is 3. The molecule has 0 amide bonds. The number of phosphoric ester groups is 1. The molecule has 9 N–H and O–H groups in total. The Balaban J connectivity index is 2.08. The van der Waals surface area contributed by atoms with Gasteiger partial charge in [0.2, 0.25) is 0 Å². The van der Waals surface area contributed by atoms with Gasteiger partial charge in [-0.25, -0.2) is 18.5 Å². The number of anilines is 1. The van der Waals surface area contributed by atoms with E-state index in [1.54, 1.807) is 0 Å². The van der Waals surface area contributed by atoms with Gasteiger partial charge in [-0.1, -0.05) is 11.8 Å². The highest BCUT2D eigenvalue weighted by molar-refractivity contribution is 7.66. The van der Waals surface area contributed by atoms with Crippen molar-refractivity contribution in [3.63, 3.8) is 0 Å². The van der Waals surface area contributed by atoms with Crippen LogP contribution in [0.3, 0.4) is 0 Å². The predicted molar refractivity (Wildman–Crippen MR) is 103 cm³/mol. The molecule has 2 unspecified atom stereocenters. The summed E-state index contributed by atoms with van der Waals surface area (Å²) in [5.41, 5.74) is 10.2. The topological polar surface area (TPSA) is 276 Å². The lowest BCUT2D eigenvalue weighted by molar-refractivity contribution is -0.0449. The van der Waals surface area contributed by atoms with Gasteiger partial charge < -0.3 is 40.9 Å². The first-order valence-electron chi connectivity index (χ1n) is 8.32. The Hall–Kier alpha value is -1.47. The van der Waals surface area contributed by atoms with Crippen LogP contribution in [-0.4, -0.2) is 59.6 Å². The molecule has 0 saturated carbocycles. The molecular weight excluding hydrogens is 501 g/mol. The molecule has 180 valence electrons. The van der Waals surface area contributed by atoms with Crippen LogP contribution in [0.5, 0.6) is 0 Å².